The van der Waals surface area contributed by atoms with Crippen molar-refractivity contribution in [3.8, 4) is 0 Å². The van der Waals surface area contributed by atoms with Crippen molar-refractivity contribution in [3.05, 3.63) is 81.5 Å². The smallest absolute Gasteiger partial charge is 0.332 e. The Balaban J connectivity index is 1.83. The van der Waals surface area contributed by atoms with Crippen LogP contribution in [-0.4, -0.2) is 28.4 Å². The van der Waals surface area contributed by atoms with E-state index in [9.17, 15) is 14.7 Å². The summed E-state index contributed by atoms with van der Waals surface area (Å²) in [5.41, 5.74) is 1.63. The Morgan fingerprint density at radius 1 is 1.10 bits per heavy atom. The van der Waals surface area contributed by atoms with E-state index in [1.54, 1.807) is 29.2 Å². The second-order valence-corrected chi connectivity index (χ2v) is 8.21. The maximum absolute atomic E-state index is 13.1. The van der Waals surface area contributed by atoms with Crippen LogP contribution in [0.3, 0.4) is 0 Å². The molecule has 1 aliphatic heterocycles. The zero-order chi connectivity index (χ0) is 20.5. The molecule has 2 fully saturated rings. The second-order valence-electron chi connectivity index (χ2n) is 7.34. The Morgan fingerprint density at radius 3 is 2.45 bits per heavy atom. The molecule has 1 amide bonds. The molecule has 2 atom stereocenters. The Labute approximate surface area is 178 Å². The maximum Gasteiger partial charge on any atom is 0.332 e. The quantitative estimate of drug-likeness (QED) is 0.675. The highest BCUT2D eigenvalue weighted by molar-refractivity contribution is 6.30. The van der Waals surface area contributed by atoms with Gasteiger partial charge in [0.1, 0.15) is 6.10 Å². The Hall–Kier alpha value is -2.50. The maximum atomic E-state index is 13.1. The number of morpholine rings is 1. The number of hydrogen-bond acceptors (Lipinski definition) is 3. The van der Waals surface area contributed by atoms with Crippen LogP contribution in [0.4, 0.5) is 0 Å². The van der Waals surface area contributed by atoms with Crippen LogP contribution in [0.15, 0.2) is 60.4 Å². The SMILES string of the molecule is O=C(O)C=C1O[C@H](c2cccc(Cl)c2)[C@@H](c2ccc(Cl)cc2)N(CC2CC2)C1=O. The van der Waals surface area contributed by atoms with Crippen molar-refractivity contribution < 1.29 is 19.4 Å². The van der Waals surface area contributed by atoms with Crippen molar-refractivity contribution in [1.29, 1.82) is 0 Å². The summed E-state index contributed by atoms with van der Waals surface area (Å²) in [5, 5.41) is 10.3. The van der Waals surface area contributed by atoms with Gasteiger partial charge in [-0.15, -0.1) is 0 Å². The highest BCUT2D eigenvalue weighted by atomic mass is 35.5. The summed E-state index contributed by atoms with van der Waals surface area (Å²) in [4.78, 5) is 26.1. The van der Waals surface area contributed by atoms with Gasteiger partial charge in [-0.1, -0.05) is 47.5 Å². The monoisotopic (exact) mass is 431 g/mol. The summed E-state index contributed by atoms with van der Waals surface area (Å²) in [6.07, 6.45) is 2.34. The fourth-order valence-corrected chi connectivity index (χ4v) is 3.94. The summed E-state index contributed by atoms with van der Waals surface area (Å²) in [6, 6.07) is 14.1. The summed E-state index contributed by atoms with van der Waals surface area (Å²) in [7, 11) is 0. The second kappa shape index (κ2) is 8.09. The molecule has 150 valence electrons. The zero-order valence-corrected chi connectivity index (χ0v) is 16.9. The molecule has 7 heteroatoms. The number of halogens is 2. The third-order valence-electron chi connectivity index (χ3n) is 5.14. The van der Waals surface area contributed by atoms with Crippen LogP contribution in [0, 0.1) is 5.92 Å². The molecule has 2 aromatic rings. The Kier molecular flexibility index (Phi) is 5.52. The number of carboxylic acid groups (broad SMARTS) is 1. The minimum atomic E-state index is -1.23. The van der Waals surface area contributed by atoms with Gasteiger partial charge >= 0.3 is 5.97 Å². The van der Waals surface area contributed by atoms with Gasteiger partial charge in [0.05, 0.1) is 12.1 Å². The molecule has 1 aliphatic carbocycles. The first-order valence-corrected chi connectivity index (χ1v) is 10.1. The number of benzene rings is 2. The molecule has 0 unspecified atom stereocenters. The van der Waals surface area contributed by atoms with E-state index in [0.717, 1.165) is 30.0 Å². The van der Waals surface area contributed by atoms with E-state index >= 15 is 0 Å². The highest BCUT2D eigenvalue weighted by Gasteiger charge is 2.44. The molecule has 1 heterocycles. The molecule has 1 saturated heterocycles. The topological polar surface area (TPSA) is 66.8 Å². The van der Waals surface area contributed by atoms with Crippen molar-refractivity contribution in [1.82, 2.24) is 4.90 Å². The van der Waals surface area contributed by atoms with Crippen molar-refractivity contribution in [2.24, 2.45) is 5.92 Å². The van der Waals surface area contributed by atoms with Crippen molar-refractivity contribution >= 4 is 35.1 Å². The number of carbonyl (C=O) groups is 2. The van der Waals surface area contributed by atoms with Crippen molar-refractivity contribution in [2.75, 3.05) is 6.54 Å². The van der Waals surface area contributed by atoms with Gasteiger partial charge in [-0.25, -0.2) is 4.79 Å². The van der Waals surface area contributed by atoms with E-state index in [2.05, 4.69) is 0 Å². The fourth-order valence-electron chi connectivity index (χ4n) is 3.61. The number of aliphatic carboxylic acids is 1. The molecule has 1 N–H and O–H groups in total. The van der Waals surface area contributed by atoms with Crippen LogP contribution < -0.4 is 0 Å². The Morgan fingerprint density at radius 2 is 1.83 bits per heavy atom. The van der Waals surface area contributed by atoms with E-state index < -0.39 is 24.0 Å². The number of amides is 1. The molecule has 0 bridgehead atoms. The minimum Gasteiger partial charge on any atom is -0.478 e. The van der Waals surface area contributed by atoms with E-state index in [0.29, 0.717) is 22.5 Å². The summed E-state index contributed by atoms with van der Waals surface area (Å²) in [6.45, 7) is 0.545. The van der Waals surface area contributed by atoms with Gasteiger partial charge < -0.3 is 14.7 Å². The molecule has 29 heavy (non-hydrogen) atoms. The Bertz CT molecular complexity index is 969. The van der Waals surface area contributed by atoms with Crippen LogP contribution in [0.1, 0.15) is 36.1 Å². The van der Waals surface area contributed by atoms with Crippen LogP contribution in [0.25, 0.3) is 0 Å². The number of rotatable bonds is 5. The first-order valence-electron chi connectivity index (χ1n) is 9.35. The van der Waals surface area contributed by atoms with E-state index in [4.69, 9.17) is 27.9 Å². The number of ether oxygens (including phenoxy) is 1. The molecular weight excluding hydrogens is 413 g/mol. The molecular formula is C22H19Cl2NO4. The molecule has 1 saturated carbocycles. The van der Waals surface area contributed by atoms with Gasteiger partial charge in [0.25, 0.3) is 5.91 Å². The highest BCUT2D eigenvalue weighted by Crippen LogP contribution is 2.45. The third kappa shape index (κ3) is 4.41. The van der Waals surface area contributed by atoms with Crippen LogP contribution in [-0.2, 0) is 14.3 Å². The lowest BCUT2D eigenvalue weighted by atomic mass is 9.92. The molecule has 2 aromatic carbocycles. The lowest BCUT2D eigenvalue weighted by Gasteiger charge is -2.42. The number of nitrogens with zero attached hydrogens (tertiary/aromatic N) is 1. The van der Waals surface area contributed by atoms with Crippen molar-refractivity contribution in [2.45, 2.75) is 25.0 Å². The first kappa shape index (κ1) is 19.8. The zero-order valence-electron chi connectivity index (χ0n) is 15.4. The van der Waals surface area contributed by atoms with Crippen LogP contribution in [0.5, 0.6) is 0 Å². The summed E-state index contributed by atoms with van der Waals surface area (Å²) >= 11 is 12.3. The summed E-state index contributed by atoms with van der Waals surface area (Å²) < 4.78 is 5.98. The molecule has 5 nitrogen and oxygen atoms in total. The average Bonchev–Trinajstić information content (AvgIpc) is 3.49. The van der Waals surface area contributed by atoms with Gasteiger partial charge in [-0.2, -0.15) is 0 Å². The molecule has 0 radical (unpaired) electrons. The van der Waals surface area contributed by atoms with Gasteiger partial charge in [-0.3, -0.25) is 4.79 Å². The van der Waals surface area contributed by atoms with Crippen LogP contribution >= 0.6 is 23.2 Å². The summed E-state index contributed by atoms with van der Waals surface area (Å²) in [5.74, 6) is -1.40. The normalized spacial score (nSPS) is 23.2. The standard InChI is InChI=1S/C22H19Cl2NO4/c23-16-8-6-14(7-9-16)20-21(15-2-1-3-17(24)10-15)29-18(11-19(26)27)22(28)25(20)12-13-4-5-13/h1-3,6-11,13,20-21H,4-5,12H2,(H,26,27)/t20-,21-/m1/s1. The van der Waals surface area contributed by atoms with Gasteiger partial charge in [0.2, 0.25) is 0 Å². The molecule has 0 aromatic heterocycles. The lowest BCUT2D eigenvalue weighted by Crippen LogP contribution is -2.45. The largest absolute Gasteiger partial charge is 0.478 e. The van der Waals surface area contributed by atoms with Crippen molar-refractivity contribution in [3.63, 3.8) is 0 Å². The van der Waals surface area contributed by atoms with Gasteiger partial charge in [0.15, 0.2) is 5.76 Å². The lowest BCUT2D eigenvalue weighted by molar-refractivity contribution is -0.149. The van der Waals surface area contributed by atoms with Crippen LogP contribution in [0.2, 0.25) is 10.0 Å². The predicted octanol–water partition coefficient (Wildman–Crippen LogP) is 5.01. The van der Waals surface area contributed by atoms with E-state index in [1.165, 1.54) is 0 Å². The first-order chi connectivity index (χ1) is 13.9. The molecule has 4 rings (SSSR count). The minimum absolute atomic E-state index is 0.173. The molecule has 0 spiro atoms. The van der Waals surface area contributed by atoms with Gasteiger partial charge in [-0.05, 0) is 54.2 Å². The van der Waals surface area contributed by atoms with Gasteiger partial charge in [0, 0.05) is 16.6 Å². The molecule has 2 aliphatic rings. The third-order valence-corrected chi connectivity index (χ3v) is 5.63. The van der Waals surface area contributed by atoms with E-state index in [-0.39, 0.29) is 5.76 Å². The number of carbonyl (C=O) groups excluding carboxylic acids is 1. The fraction of sp³-hybridized carbons (Fsp3) is 0.273. The predicted molar refractivity (Wildman–Crippen MR) is 110 cm³/mol. The average molecular weight is 432 g/mol. The number of carboxylic acids is 1. The van der Waals surface area contributed by atoms with E-state index in [1.807, 2.05) is 24.3 Å². The number of hydrogen-bond donors (Lipinski definition) is 1.